The lowest BCUT2D eigenvalue weighted by Crippen LogP contribution is -2.16. The van der Waals surface area contributed by atoms with E-state index < -0.39 is 0 Å². The molecule has 0 saturated heterocycles. The van der Waals surface area contributed by atoms with E-state index in [9.17, 15) is 9.59 Å². The van der Waals surface area contributed by atoms with Gasteiger partial charge in [0.1, 0.15) is 10.8 Å². The monoisotopic (exact) mass is 552 g/mol. The van der Waals surface area contributed by atoms with Crippen molar-refractivity contribution in [1.82, 2.24) is 20.4 Å². The van der Waals surface area contributed by atoms with E-state index >= 15 is 0 Å². The number of carbonyl (C=O) groups is 2. The molecule has 2 N–H and O–H groups in total. The van der Waals surface area contributed by atoms with Gasteiger partial charge >= 0.3 is 0 Å². The summed E-state index contributed by atoms with van der Waals surface area (Å²) < 4.78 is 5.82. The Bertz CT molecular complexity index is 1150. The molecule has 210 valence electrons. The molecule has 9 nitrogen and oxygen atoms in total. The highest BCUT2D eigenvalue weighted by molar-refractivity contribution is 7.15. The average Bonchev–Trinajstić information content (AvgIpc) is 3.37. The van der Waals surface area contributed by atoms with Crippen molar-refractivity contribution in [3.63, 3.8) is 0 Å². The maximum absolute atomic E-state index is 12.5. The highest BCUT2D eigenvalue weighted by atomic mass is 32.1. The van der Waals surface area contributed by atoms with E-state index in [2.05, 4.69) is 44.9 Å². The summed E-state index contributed by atoms with van der Waals surface area (Å²) in [6, 6.07) is 11.4. The third-order valence-electron chi connectivity index (χ3n) is 6.06. The summed E-state index contributed by atoms with van der Waals surface area (Å²) in [5.74, 6) is 1.08. The second-order valence-electron chi connectivity index (χ2n) is 9.55. The van der Waals surface area contributed by atoms with Crippen LogP contribution in [0.4, 0.5) is 10.9 Å². The van der Waals surface area contributed by atoms with E-state index in [1.807, 2.05) is 30.3 Å². The predicted octanol–water partition coefficient (Wildman–Crippen LogP) is 6.16. The Labute approximate surface area is 235 Å². The van der Waals surface area contributed by atoms with Gasteiger partial charge in [0.05, 0.1) is 18.7 Å². The molecule has 1 aromatic carbocycles. The smallest absolute Gasteiger partial charge is 0.229 e. The summed E-state index contributed by atoms with van der Waals surface area (Å²) in [4.78, 5) is 24.3. The van der Waals surface area contributed by atoms with Crippen molar-refractivity contribution in [2.45, 2.75) is 90.9 Å². The summed E-state index contributed by atoms with van der Waals surface area (Å²) >= 11 is 1.43. The second kappa shape index (κ2) is 17.2. The number of aromatic nitrogens is 4. The van der Waals surface area contributed by atoms with Gasteiger partial charge in [-0.25, -0.2) is 0 Å². The number of amides is 2. The number of hydrogen-bond donors (Lipinski definition) is 2. The van der Waals surface area contributed by atoms with Gasteiger partial charge in [0.15, 0.2) is 5.82 Å². The fourth-order valence-electron chi connectivity index (χ4n) is 3.90. The topological polar surface area (TPSA) is 119 Å². The molecule has 39 heavy (non-hydrogen) atoms. The zero-order valence-electron chi connectivity index (χ0n) is 23.1. The van der Waals surface area contributed by atoms with Crippen LogP contribution in [-0.2, 0) is 28.9 Å². The van der Waals surface area contributed by atoms with Gasteiger partial charge < -0.3 is 15.4 Å². The molecule has 0 saturated carbocycles. The van der Waals surface area contributed by atoms with Crippen LogP contribution in [0, 0.1) is 0 Å². The zero-order chi connectivity index (χ0) is 27.7. The third kappa shape index (κ3) is 11.9. The zero-order valence-corrected chi connectivity index (χ0v) is 23.9. The number of anilines is 2. The minimum absolute atomic E-state index is 0.00920. The van der Waals surface area contributed by atoms with E-state index in [1.54, 1.807) is 6.07 Å². The number of rotatable bonds is 18. The van der Waals surface area contributed by atoms with Gasteiger partial charge in [-0.05, 0) is 61.9 Å². The molecule has 3 rings (SSSR count). The van der Waals surface area contributed by atoms with Crippen LogP contribution in [0.25, 0.3) is 0 Å². The fraction of sp³-hybridized carbons (Fsp3) is 0.517. The summed E-state index contributed by atoms with van der Waals surface area (Å²) in [7, 11) is 0. The van der Waals surface area contributed by atoms with Crippen LogP contribution in [0.15, 0.2) is 36.4 Å². The Balaban J connectivity index is 1.34. The first-order valence-electron chi connectivity index (χ1n) is 14.0. The highest BCUT2D eigenvalue weighted by Crippen LogP contribution is 2.19. The molecule has 0 aliphatic carbocycles. The van der Waals surface area contributed by atoms with Gasteiger partial charge in [0, 0.05) is 12.8 Å². The minimum atomic E-state index is -0.143. The van der Waals surface area contributed by atoms with Crippen molar-refractivity contribution in [2.24, 2.45) is 0 Å². The van der Waals surface area contributed by atoms with Gasteiger partial charge in [-0.2, -0.15) is 5.10 Å². The number of hydrogen-bond acceptors (Lipinski definition) is 8. The first-order chi connectivity index (χ1) is 19.1. The molecule has 0 spiro atoms. The van der Waals surface area contributed by atoms with Crippen LogP contribution < -0.4 is 15.4 Å². The molecule has 10 heteroatoms. The van der Waals surface area contributed by atoms with Crippen LogP contribution in [0.5, 0.6) is 5.75 Å². The molecule has 0 bridgehead atoms. The summed E-state index contributed by atoms with van der Waals surface area (Å²) in [6.07, 6.45) is 10.7. The lowest BCUT2D eigenvalue weighted by Gasteiger charge is -2.08. The number of nitrogens with zero attached hydrogens (tertiary/aromatic N) is 4. The van der Waals surface area contributed by atoms with Gasteiger partial charge in [-0.1, -0.05) is 63.0 Å². The van der Waals surface area contributed by atoms with Crippen LogP contribution in [-0.4, -0.2) is 38.8 Å². The van der Waals surface area contributed by atoms with Gasteiger partial charge in [0.2, 0.25) is 16.9 Å². The lowest BCUT2D eigenvalue weighted by molar-refractivity contribution is -0.116. The molecule has 0 radical (unpaired) electrons. The predicted molar refractivity (Wildman–Crippen MR) is 155 cm³/mol. The van der Waals surface area contributed by atoms with E-state index in [-0.39, 0.29) is 18.2 Å². The highest BCUT2D eigenvalue weighted by Gasteiger charge is 2.09. The fourth-order valence-corrected chi connectivity index (χ4v) is 4.70. The number of aryl methyl sites for hydroxylation is 2. The molecule has 2 aromatic heterocycles. The van der Waals surface area contributed by atoms with Crippen molar-refractivity contribution in [2.75, 3.05) is 17.2 Å². The largest absolute Gasteiger partial charge is 0.494 e. The van der Waals surface area contributed by atoms with Crippen molar-refractivity contribution in [3.8, 4) is 5.75 Å². The standard InChI is InChI=1S/C29H40N6O3S/c1-3-5-7-10-19-38-24-14-11-12-22(20-24)21-27(37)30-25-18-17-23(32-33-25)13-8-9-16-28-34-35-29(39-28)31-26(36)15-6-4-2/h11-12,14,17-18,20H,3-10,13,15-16,19,21H2,1-2H3,(H,30,33,37)(H,31,35,36). The van der Waals surface area contributed by atoms with Crippen molar-refractivity contribution < 1.29 is 14.3 Å². The first-order valence-corrected chi connectivity index (χ1v) is 14.8. The number of ether oxygens (including phenoxy) is 1. The summed E-state index contributed by atoms with van der Waals surface area (Å²) in [6.45, 7) is 4.94. The number of benzene rings is 1. The molecular weight excluding hydrogens is 512 g/mol. The average molecular weight is 553 g/mol. The Morgan fingerprint density at radius 1 is 0.821 bits per heavy atom. The van der Waals surface area contributed by atoms with Crippen molar-refractivity contribution in [1.29, 1.82) is 0 Å². The van der Waals surface area contributed by atoms with E-state index in [1.165, 1.54) is 30.6 Å². The van der Waals surface area contributed by atoms with Crippen LogP contribution >= 0.6 is 11.3 Å². The third-order valence-corrected chi connectivity index (χ3v) is 6.96. The molecule has 3 aromatic rings. The van der Waals surface area contributed by atoms with Gasteiger partial charge in [0.25, 0.3) is 0 Å². The maximum atomic E-state index is 12.5. The second-order valence-corrected chi connectivity index (χ2v) is 10.6. The van der Waals surface area contributed by atoms with Crippen LogP contribution in [0.1, 0.15) is 87.9 Å². The van der Waals surface area contributed by atoms with E-state index in [0.29, 0.717) is 24.0 Å². The van der Waals surface area contributed by atoms with Crippen LogP contribution in [0.3, 0.4) is 0 Å². The van der Waals surface area contributed by atoms with E-state index in [4.69, 9.17) is 4.74 Å². The Morgan fingerprint density at radius 2 is 1.67 bits per heavy atom. The first kappa shape index (κ1) is 30.1. The molecule has 2 heterocycles. The minimum Gasteiger partial charge on any atom is -0.494 e. The molecule has 0 aliphatic rings. The summed E-state index contributed by atoms with van der Waals surface area (Å²) in [5.41, 5.74) is 1.77. The number of nitrogens with one attached hydrogen (secondary N) is 2. The van der Waals surface area contributed by atoms with Gasteiger partial charge in [-0.15, -0.1) is 15.3 Å². The Hall–Kier alpha value is -3.40. The lowest BCUT2D eigenvalue weighted by atomic mass is 10.1. The molecule has 0 fully saturated rings. The van der Waals surface area contributed by atoms with Crippen LogP contribution in [0.2, 0.25) is 0 Å². The van der Waals surface area contributed by atoms with Crippen molar-refractivity contribution in [3.05, 3.63) is 52.7 Å². The Morgan fingerprint density at radius 3 is 2.46 bits per heavy atom. The maximum Gasteiger partial charge on any atom is 0.229 e. The quantitative estimate of drug-likeness (QED) is 0.181. The summed E-state index contributed by atoms with van der Waals surface area (Å²) in [5, 5.41) is 23.8. The molecule has 2 amide bonds. The Kier molecular flexibility index (Phi) is 13.3. The SMILES string of the molecule is CCCCCCOc1cccc(CC(=O)Nc2ccc(CCCCc3nnc(NC(=O)CCCC)s3)nn2)c1. The number of unbranched alkanes of at least 4 members (excludes halogenated alkanes) is 5. The molecule has 0 atom stereocenters. The van der Waals surface area contributed by atoms with E-state index in [0.717, 1.165) is 67.0 Å². The normalized spacial score (nSPS) is 10.8. The van der Waals surface area contributed by atoms with Crippen molar-refractivity contribution >= 4 is 34.1 Å². The number of carbonyl (C=O) groups excluding carboxylic acids is 2. The van der Waals surface area contributed by atoms with Gasteiger partial charge in [-0.3, -0.25) is 9.59 Å². The molecule has 0 aliphatic heterocycles. The molecule has 0 unspecified atom stereocenters. The molecular formula is C29H40N6O3S.